The number of hydrogen-bond donors (Lipinski definition) is 2. The highest BCUT2D eigenvalue weighted by atomic mass is 16.5. The Morgan fingerprint density at radius 2 is 2.14 bits per heavy atom. The summed E-state index contributed by atoms with van der Waals surface area (Å²) in [4.78, 5) is 13.7. The van der Waals surface area contributed by atoms with E-state index in [0.29, 0.717) is 0 Å². The van der Waals surface area contributed by atoms with Crippen molar-refractivity contribution in [3.8, 4) is 5.75 Å². The number of carbonyl (C=O) groups is 1. The van der Waals surface area contributed by atoms with Crippen molar-refractivity contribution in [2.75, 3.05) is 31.6 Å². The standard InChI is InChI=1S/C16H23N3O2/c1-21-14-3-2-12-10-18-7-4-13(12)15(14)19-8-5-11(6-9-19)16(17)20/h2-3,11,18H,4-10H2,1H3,(H2,17,20). The molecule has 0 aliphatic carbocycles. The quantitative estimate of drug-likeness (QED) is 0.872. The number of anilines is 1. The largest absolute Gasteiger partial charge is 0.495 e. The number of nitrogens with zero attached hydrogens (tertiary/aromatic N) is 1. The lowest BCUT2D eigenvalue weighted by Crippen LogP contribution is -2.39. The number of rotatable bonds is 3. The lowest BCUT2D eigenvalue weighted by atomic mass is 9.93. The highest BCUT2D eigenvalue weighted by molar-refractivity contribution is 5.77. The third-order valence-corrected chi connectivity index (χ3v) is 4.64. The highest BCUT2D eigenvalue weighted by Gasteiger charge is 2.27. The first-order valence-electron chi connectivity index (χ1n) is 7.64. The predicted octanol–water partition coefficient (Wildman–Crippen LogP) is 1.04. The van der Waals surface area contributed by atoms with Crippen LogP contribution in [0.5, 0.6) is 5.75 Å². The molecular formula is C16H23N3O2. The number of ether oxygens (including phenoxy) is 1. The SMILES string of the molecule is COc1ccc2c(c1N1CCC(C(N)=O)CC1)CCNC2. The molecule has 0 saturated carbocycles. The van der Waals surface area contributed by atoms with E-state index in [-0.39, 0.29) is 11.8 Å². The van der Waals surface area contributed by atoms with Crippen molar-refractivity contribution in [2.45, 2.75) is 25.8 Å². The van der Waals surface area contributed by atoms with Crippen molar-refractivity contribution in [3.05, 3.63) is 23.3 Å². The number of benzene rings is 1. The van der Waals surface area contributed by atoms with E-state index in [1.807, 2.05) is 0 Å². The highest BCUT2D eigenvalue weighted by Crippen LogP contribution is 2.38. The summed E-state index contributed by atoms with van der Waals surface area (Å²) in [5.74, 6) is 0.794. The molecule has 2 aliphatic rings. The summed E-state index contributed by atoms with van der Waals surface area (Å²) in [6.07, 6.45) is 2.69. The first kappa shape index (κ1) is 14.2. The molecule has 1 aromatic rings. The molecular weight excluding hydrogens is 266 g/mol. The van der Waals surface area contributed by atoms with Gasteiger partial charge in [-0.05, 0) is 43.0 Å². The number of fused-ring (bicyclic) bond motifs is 1. The monoisotopic (exact) mass is 289 g/mol. The fourth-order valence-corrected chi connectivity index (χ4v) is 3.44. The number of nitrogens with one attached hydrogen (secondary N) is 1. The smallest absolute Gasteiger partial charge is 0.220 e. The topological polar surface area (TPSA) is 67.6 Å². The van der Waals surface area contributed by atoms with E-state index in [2.05, 4.69) is 22.3 Å². The maximum Gasteiger partial charge on any atom is 0.220 e. The number of amides is 1. The van der Waals surface area contributed by atoms with Crippen molar-refractivity contribution in [1.29, 1.82) is 0 Å². The Labute approximate surface area is 125 Å². The first-order valence-corrected chi connectivity index (χ1v) is 7.64. The van der Waals surface area contributed by atoms with Gasteiger partial charge in [0.2, 0.25) is 5.91 Å². The van der Waals surface area contributed by atoms with Crippen molar-refractivity contribution in [2.24, 2.45) is 11.7 Å². The van der Waals surface area contributed by atoms with Crippen LogP contribution in [0.15, 0.2) is 12.1 Å². The molecule has 1 aromatic carbocycles. The third kappa shape index (κ3) is 2.70. The van der Waals surface area contributed by atoms with Gasteiger partial charge in [0.25, 0.3) is 0 Å². The Hall–Kier alpha value is -1.75. The predicted molar refractivity (Wildman–Crippen MR) is 82.5 cm³/mol. The van der Waals surface area contributed by atoms with E-state index in [0.717, 1.165) is 51.2 Å². The molecule has 0 unspecified atom stereocenters. The molecule has 0 atom stereocenters. The Bertz CT molecular complexity index is 537. The van der Waals surface area contributed by atoms with Crippen LogP contribution in [-0.2, 0) is 17.8 Å². The van der Waals surface area contributed by atoms with Crippen LogP contribution in [0, 0.1) is 5.92 Å². The average molecular weight is 289 g/mol. The van der Waals surface area contributed by atoms with Gasteiger partial charge in [0, 0.05) is 25.6 Å². The van der Waals surface area contributed by atoms with Crippen LogP contribution in [0.2, 0.25) is 0 Å². The summed E-state index contributed by atoms with van der Waals surface area (Å²) in [6, 6.07) is 4.21. The zero-order chi connectivity index (χ0) is 14.8. The van der Waals surface area contributed by atoms with E-state index in [1.165, 1.54) is 16.8 Å². The van der Waals surface area contributed by atoms with Crippen molar-refractivity contribution < 1.29 is 9.53 Å². The molecule has 0 bridgehead atoms. The van der Waals surface area contributed by atoms with E-state index < -0.39 is 0 Å². The van der Waals surface area contributed by atoms with Gasteiger partial charge in [0.05, 0.1) is 12.8 Å². The van der Waals surface area contributed by atoms with Gasteiger partial charge in [-0.15, -0.1) is 0 Å². The molecule has 0 radical (unpaired) electrons. The minimum absolute atomic E-state index is 0.0217. The molecule has 2 heterocycles. The van der Waals surface area contributed by atoms with E-state index in [9.17, 15) is 4.79 Å². The molecule has 114 valence electrons. The molecule has 1 fully saturated rings. The fraction of sp³-hybridized carbons (Fsp3) is 0.562. The van der Waals surface area contributed by atoms with E-state index in [4.69, 9.17) is 10.5 Å². The zero-order valence-corrected chi connectivity index (χ0v) is 12.5. The van der Waals surface area contributed by atoms with Gasteiger partial charge in [-0.1, -0.05) is 6.07 Å². The number of primary amides is 1. The lowest BCUT2D eigenvalue weighted by Gasteiger charge is -2.36. The summed E-state index contributed by atoms with van der Waals surface area (Å²) in [7, 11) is 1.72. The van der Waals surface area contributed by atoms with Gasteiger partial charge in [-0.25, -0.2) is 0 Å². The summed E-state index contributed by atoms with van der Waals surface area (Å²) in [5.41, 5.74) is 9.40. The van der Waals surface area contributed by atoms with E-state index >= 15 is 0 Å². The summed E-state index contributed by atoms with van der Waals surface area (Å²) in [6.45, 7) is 3.66. The van der Waals surface area contributed by atoms with Gasteiger partial charge in [-0.3, -0.25) is 4.79 Å². The van der Waals surface area contributed by atoms with E-state index in [1.54, 1.807) is 7.11 Å². The van der Waals surface area contributed by atoms with Crippen LogP contribution in [0.3, 0.4) is 0 Å². The van der Waals surface area contributed by atoms with Gasteiger partial charge < -0.3 is 20.7 Å². The molecule has 5 nitrogen and oxygen atoms in total. The molecule has 1 saturated heterocycles. The van der Waals surface area contributed by atoms with Crippen LogP contribution in [0.25, 0.3) is 0 Å². The Kier molecular flexibility index (Phi) is 4.01. The van der Waals surface area contributed by atoms with Crippen LogP contribution >= 0.6 is 0 Å². The van der Waals surface area contributed by atoms with Gasteiger partial charge >= 0.3 is 0 Å². The van der Waals surface area contributed by atoms with Crippen LogP contribution < -0.4 is 20.7 Å². The Morgan fingerprint density at radius 1 is 1.38 bits per heavy atom. The molecule has 0 aromatic heterocycles. The number of hydrogen-bond acceptors (Lipinski definition) is 4. The normalized spacial score (nSPS) is 19.2. The zero-order valence-electron chi connectivity index (χ0n) is 12.5. The maximum atomic E-state index is 11.3. The summed E-state index contributed by atoms with van der Waals surface area (Å²) >= 11 is 0. The second kappa shape index (κ2) is 5.93. The minimum atomic E-state index is -0.166. The average Bonchev–Trinajstić information content (AvgIpc) is 2.53. The number of piperidine rings is 1. The van der Waals surface area contributed by atoms with Gasteiger partial charge in [-0.2, -0.15) is 0 Å². The van der Waals surface area contributed by atoms with Gasteiger partial charge in [0.1, 0.15) is 5.75 Å². The molecule has 0 spiro atoms. The van der Waals surface area contributed by atoms with Crippen molar-refractivity contribution >= 4 is 11.6 Å². The molecule has 5 heteroatoms. The summed E-state index contributed by atoms with van der Waals surface area (Å²) < 4.78 is 5.59. The molecule has 3 rings (SSSR count). The fourth-order valence-electron chi connectivity index (χ4n) is 3.44. The number of methoxy groups -OCH3 is 1. The second-order valence-electron chi connectivity index (χ2n) is 5.84. The second-order valence-corrected chi connectivity index (χ2v) is 5.84. The molecule has 21 heavy (non-hydrogen) atoms. The van der Waals surface area contributed by atoms with Gasteiger partial charge in [0.15, 0.2) is 0 Å². The Balaban J connectivity index is 1.89. The molecule has 2 aliphatic heterocycles. The van der Waals surface area contributed by atoms with Crippen molar-refractivity contribution in [3.63, 3.8) is 0 Å². The summed E-state index contributed by atoms with van der Waals surface area (Å²) in [5, 5.41) is 3.41. The number of nitrogens with two attached hydrogens (primary N) is 1. The third-order valence-electron chi connectivity index (χ3n) is 4.64. The van der Waals surface area contributed by atoms with Crippen LogP contribution in [0.1, 0.15) is 24.0 Å². The maximum absolute atomic E-state index is 11.3. The first-order chi connectivity index (χ1) is 10.2. The lowest BCUT2D eigenvalue weighted by molar-refractivity contribution is -0.122. The minimum Gasteiger partial charge on any atom is -0.495 e. The van der Waals surface area contributed by atoms with Crippen LogP contribution in [0.4, 0.5) is 5.69 Å². The molecule has 3 N–H and O–H groups in total. The van der Waals surface area contributed by atoms with Crippen LogP contribution in [-0.4, -0.2) is 32.7 Å². The Morgan fingerprint density at radius 3 is 2.81 bits per heavy atom. The number of carbonyl (C=O) groups excluding carboxylic acids is 1. The van der Waals surface area contributed by atoms with Crippen molar-refractivity contribution in [1.82, 2.24) is 5.32 Å². The molecule has 1 amide bonds.